The van der Waals surface area contributed by atoms with Crippen LogP contribution in [0.15, 0.2) is 42.5 Å². The van der Waals surface area contributed by atoms with E-state index in [0.717, 1.165) is 12.1 Å². The van der Waals surface area contributed by atoms with Crippen LogP contribution in [0.25, 0.3) is 6.08 Å². The van der Waals surface area contributed by atoms with Gasteiger partial charge in [0.25, 0.3) is 0 Å². The molecule has 12 N–H and O–H groups in total. The number of rotatable bonds is 13. The van der Waals surface area contributed by atoms with E-state index >= 15 is 0 Å². The first-order valence-electron chi connectivity index (χ1n) is 17.2. The molecule has 2 aromatic rings. The van der Waals surface area contributed by atoms with Gasteiger partial charge >= 0.3 is 5.97 Å². The van der Waals surface area contributed by atoms with E-state index in [1.54, 1.807) is 0 Å². The van der Waals surface area contributed by atoms with Gasteiger partial charge in [0, 0.05) is 6.08 Å². The van der Waals surface area contributed by atoms with Crippen LogP contribution in [0.4, 0.5) is 0 Å². The van der Waals surface area contributed by atoms with Gasteiger partial charge in [-0.3, -0.25) is 0 Å². The minimum Gasteiger partial charge on any atom is -0.504 e. The molecule has 20 heteroatoms. The Morgan fingerprint density at radius 2 is 1.29 bits per heavy atom. The van der Waals surface area contributed by atoms with E-state index in [1.165, 1.54) is 43.3 Å². The van der Waals surface area contributed by atoms with Gasteiger partial charge in [-0.25, -0.2) is 4.79 Å². The van der Waals surface area contributed by atoms with Crippen molar-refractivity contribution in [2.24, 2.45) is 0 Å². The van der Waals surface area contributed by atoms with Crippen LogP contribution in [0.2, 0.25) is 0 Å². The molecule has 15 atom stereocenters. The summed E-state index contributed by atoms with van der Waals surface area (Å²) in [6.45, 7) is -0.439. The Hall–Kier alpha value is -3.71. The maximum absolute atomic E-state index is 13.1. The fourth-order valence-corrected chi connectivity index (χ4v) is 6.22. The average Bonchev–Trinajstić information content (AvgIpc) is 3.16. The number of carbonyl (C=O) groups excluding carboxylic acids is 1. The molecule has 306 valence electrons. The normalized spacial score (nSPS) is 36.9. The van der Waals surface area contributed by atoms with Crippen LogP contribution >= 0.6 is 0 Å². The van der Waals surface area contributed by atoms with Crippen LogP contribution in [-0.4, -0.2) is 179 Å². The number of carbonyl (C=O) groups is 1. The molecule has 0 unspecified atom stereocenters. The molecule has 0 radical (unpaired) electrons. The van der Waals surface area contributed by atoms with Gasteiger partial charge in [0.2, 0.25) is 0 Å². The summed E-state index contributed by atoms with van der Waals surface area (Å²) < 4.78 is 40.2. The van der Waals surface area contributed by atoms with Crippen molar-refractivity contribution in [3.63, 3.8) is 0 Å². The minimum atomic E-state index is -1.95. The van der Waals surface area contributed by atoms with E-state index in [1.807, 2.05) is 0 Å². The summed E-state index contributed by atoms with van der Waals surface area (Å²) in [5.74, 6) is -2.65. The highest BCUT2D eigenvalue weighted by Gasteiger charge is 2.54. The molecule has 2 aromatic carbocycles. The highest BCUT2D eigenvalue weighted by Crippen LogP contribution is 2.35. The number of benzene rings is 2. The number of aliphatic hydroxyl groups excluding tert-OH is 8. The molecule has 0 aliphatic carbocycles. The first-order valence-corrected chi connectivity index (χ1v) is 17.2. The Bertz CT molecular complexity index is 1610. The number of phenolic OH excluding ortho intramolecular Hbond substituents is 4. The van der Waals surface area contributed by atoms with Gasteiger partial charge < -0.3 is 94.4 Å². The Morgan fingerprint density at radius 3 is 1.95 bits per heavy atom. The molecule has 0 bridgehead atoms. The number of aromatic hydroxyl groups is 4. The van der Waals surface area contributed by atoms with E-state index in [0.29, 0.717) is 5.56 Å². The second-order valence-corrected chi connectivity index (χ2v) is 13.2. The highest BCUT2D eigenvalue weighted by atomic mass is 16.8. The molecular weight excluding hydrogens is 740 g/mol. The number of esters is 1. The van der Waals surface area contributed by atoms with Crippen molar-refractivity contribution in [3.8, 4) is 23.0 Å². The van der Waals surface area contributed by atoms with E-state index in [9.17, 15) is 66.1 Å². The molecule has 0 aromatic heterocycles. The van der Waals surface area contributed by atoms with Crippen molar-refractivity contribution in [2.75, 3.05) is 19.8 Å². The molecule has 5 rings (SSSR count). The number of hydrogen-bond donors (Lipinski definition) is 12. The zero-order chi connectivity index (χ0) is 40.1. The summed E-state index contributed by atoms with van der Waals surface area (Å²) in [6, 6.07) is 7.79. The van der Waals surface area contributed by atoms with Crippen molar-refractivity contribution >= 4 is 12.0 Å². The largest absolute Gasteiger partial charge is 0.504 e. The molecule has 55 heavy (non-hydrogen) atoms. The summed E-state index contributed by atoms with van der Waals surface area (Å²) in [4.78, 5) is 13.1. The average molecular weight is 787 g/mol. The number of ether oxygens (including phenoxy) is 7. The fourth-order valence-electron chi connectivity index (χ4n) is 6.22. The highest BCUT2D eigenvalue weighted by molar-refractivity contribution is 5.87. The summed E-state index contributed by atoms with van der Waals surface area (Å²) in [5, 5.41) is 123. The molecular formula is C35H46O20. The van der Waals surface area contributed by atoms with Crippen LogP contribution in [-0.2, 0) is 44.4 Å². The summed E-state index contributed by atoms with van der Waals surface area (Å²) >= 11 is 0. The molecule has 0 spiro atoms. The third-order valence-corrected chi connectivity index (χ3v) is 9.39. The van der Waals surface area contributed by atoms with Crippen molar-refractivity contribution < 1.29 is 99.2 Å². The predicted molar refractivity (Wildman–Crippen MR) is 180 cm³/mol. The summed E-state index contributed by atoms with van der Waals surface area (Å²) in [5.41, 5.74) is 0.803. The molecule has 3 fully saturated rings. The summed E-state index contributed by atoms with van der Waals surface area (Å²) in [6.07, 6.45) is -23.1. The molecule has 3 heterocycles. The van der Waals surface area contributed by atoms with E-state index < -0.39 is 123 Å². The Morgan fingerprint density at radius 1 is 0.655 bits per heavy atom. The molecule has 3 saturated heterocycles. The number of aliphatic hydroxyl groups is 8. The lowest BCUT2D eigenvalue weighted by Crippen LogP contribution is -2.66. The quantitative estimate of drug-likeness (QED) is 0.0541. The molecule has 0 amide bonds. The van der Waals surface area contributed by atoms with E-state index in [4.69, 9.17) is 33.2 Å². The third-order valence-electron chi connectivity index (χ3n) is 9.39. The Kier molecular flexibility index (Phi) is 14.3. The standard InChI is InChI=1S/C35H46O20/c1-14-24(43)27(46)32(55-34-28(47)26(45)25(44)21(12-36)51-34)35(50-14)54-31-29(48)33(49-9-8-16-3-6-18(39)20(41)11-16)52-22(13-37)30(31)53-23(42)7-4-15-2-5-17(38)19(40)10-15/h2-7,10-11,14,21-22,24-41,43-48H,8-9,12-13H2,1H3/t14-,21+,22+,24-,25-,26-,27+,28+,29+,30+,31+,32+,33+,34-,35-/m0/s1. The predicted octanol–water partition coefficient (Wildman–Crippen LogP) is -3.19. The maximum atomic E-state index is 13.1. The van der Waals surface area contributed by atoms with Gasteiger partial charge in [0.05, 0.1) is 25.9 Å². The van der Waals surface area contributed by atoms with Gasteiger partial charge in [-0.15, -0.1) is 0 Å². The SMILES string of the molecule is C[C@@H]1O[C@@H](O[C@@H]2[C@@H](O)[C@H](OCCc3ccc(O)c(O)c3)O[C@H](CO)[C@H]2OC(=O)C=Cc2ccc(O)c(O)c2)[C@H](O[C@@H]2O[C@H](CO)[C@H](O)[C@H](O)[C@H]2O)[C@H](O)[C@H]1O. The second kappa shape index (κ2) is 18.5. The minimum absolute atomic E-state index is 0.133. The van der Waals surface area contributed by atoms with Gasteiger partial charge in [-0.2, -0.15) is 0 Å². The zero-order valence-corrected chi connectivity index (χ0v) is 29.2. The Labute approximate surface area is 313 Å². The first kappa shape index (κ1) is 42.4. The van der Waals surface area contributed by atoms with Crippen LogP contribution in [0.3, 0.4) is 0 Å². The fraction of sp³-hybridized carbons (Fsp3) is 0.571. The third kappa shape index (κ3) is 9.82. The molecule has 20 nitrogen and oxygen atoms in total. The zero-order valence-electron chi connectivity index (χ0n) is 29.2. The van der Waals surface area contributed by atoms with E-state index in [-0.39, 0.29) is 30.1 Å². The topological polar surface area (TPSA) is 324 Å². The van der Waals surface area contributed by atoms with Crippen LogP contribution < -0.4 is 0 Å². The van der Waals surface area contributed by atoms with Crippen molar-refractivity contribution in [2.45, 2.75) is 105 Å². The second-order valence-electron chi connectivity index (χ2n) is 13.2. The van der Waals surface area contributed by atoms with Gasteiger partial charge in [0.15, 0.2) is 48.0 Å². The number of hydrogen-bond acceptors (Lipinski definition) is 20. The van der Waals surface area contributed by atoms with Crippen LogP contribution in [0, 0.1) is 0 Å². The van der Waals surface area contributed by atoms with E-state index in [2.05, 4.69) is 0 Å². The summed E-state index contributed by atoms with van der Waals surface area (Å²) in [7, 11) is 0. The smallest absolute Gasteiger partial charge is 0.331 e. The molecule has 0 saturated carbocycles. The number of phenols is 4. The van der Waals surface area contributed by atoms with Gasteiger partial charge in [0.1, 0.15) is 61.0 Å². The van der Waals surface area contributed by atoms with Crippen molar-refractivity contribution in [1.82, 2.24) is 0 Å². The van der Waals surface area contributed by atoms with Crippen molar-refractivity contribution in [1.29, 1.82) is 0 Å². The first-order chi connectivity index (χ1) is 26.1. The van der Waals surface area contributed by atoms with Crippen molar-refractivity contribution in [3.05, 3.63) is 53.6 Å². The van der Waals surface area contributed by atoms with Crippen LogP contribution in [0.1, 0.15) is 18.1 Å². The Balaban J connectivity index is 1.41. The van der Waals surface area contributed by atoms with Gasteiger partial charge in [-0.1, -0.05) is 12.1 Å². The van der Waals surface area contributed by atoms with Gasteiger partial charge in [-0.05, 0) is 54.8 Å². The lowest BCUT2D eigenvalue weighted by molar-refractivity contribution is -0.386. The lowest BCUT2D eigenvalue weighted by atomic mass is 9.96. The monoisotopic (exact) mass is 786 g/mol. The maximum Gasteiger partial charge on any atom is 0.331 e. The van der Waals surface area contributed by atoms with Crippen LogP contribution in [0.5, 0.6) is 23.0 Å². The molecule has 3 aliphatic heterocycles. The lowest BCUT2D eigenvalue weighted by Gasteiger charge is -2.48. The molecule has 3 aliphatic rings.